The zero-order valence-corrected chi connectivity index (χ0v) is 17.7. The van der Waals surface area contributed by atoms with Crippen LogP contribution in [0.3, 0.4) is 0 Å². The Morgan fingerprint density at radius 3 is 1.91 bits per heavy atom. The molecular weight excluding hydrogens is 355 g/mol. The Bertz CT molecular complexity index is 259. The monoisotopic (exact) mass is 392 g/mol. The van der Waals surface area contributed by atoms with Gasteiger partial charge in [0.05, 0.1) is 0 Å². The van der Waals surface area contributed by atoms with Gasteiger partial charge in [0.25, 0.3) is 0 Å². The molecule has 0 aromatic rings. The summed E-state index contributed by atoms with van der Waals surface area (Å²) >= 11 is -0.640. The third-order valence-electron chi connectivity index (χ3n) is 3.91. The van der Waals surface area contributed by atoms with Gasteiger partial charge in [0.1, 0.15) is 0 Å². The van der Waals surface area contributed by atoms with E-state index in [4.69, 9.17) is 5.11 Å². The number of carboxylic acids is 1. The van der Waals surface area contributed by atoms with Crippen LogP contribution in [0.1, 0.15) is 90.4 Å². The van der Waals surface area contributed by atoms with Gasteiger partial charge >= 0.3 is 146 Å². The molecule has 0 aromatic carbocycles. The quantitative estimate of drug-likeness (QED) is 0.240. The third-order valence-corrected chi connectivity index (χ3v) is 9.63. The van der Waals surface area contributed by atoms with Gasteiger partial charge in [-0.3, -0.25) is 0 Å². The van der Waals surface area contributed by atoms with Crippen LogP contribution < -0.4 is 0 Å². The van der Waals surface area contributed by atoms with Crippen LogP contribution in [0.5, 0.6) is 0 Å². The van der Waals surface area contributed by atoms with Gasteiger partial charge in [-0.25, -0.2) is 0 Å². The fourth-order valence-corrected chi connectivity index (χ4v) is 8.92. The second-order valence-electron chi connectivity index (χ2n) is 6.44. The first-order valence-corrected chi connectivity index (χ1v) is 16.0. The molecule has 0 aliphatic carbocycles. The Labute approximate surface area is 146 Å². The van der Waals surface area contributed by atoms with Gasteiger partial charge in [-0.15, -0.1) is 0 Å². The normalized spacial score (nSPS) is 12.7. The van der Waals surface area contributed by atoms with Crippen LogP contribution in [0.4, 0.5) is 0 Å². The average Bonchev–Trinajstić information content (AvgIpc) is 2.45. The van der Waals surface area contributed by atoms with E-state index in [2.05, 4.69) is 28.4 Å². The maximum atomic E-state index is 10.6. The van der Waals surface area contributed by atoms with Gasteiger partial charge in [-0.1, -0.05) is 0 Å². The van der Waals surface area contributed by atoms with Crippen LogP contribution in [0.25, 0.3) is 0 Å². The van der Waals surface area contributed by atoms with Gasteiger partial charge in [-0.05, 0) is 0 Å². The molecule has 2 nitrogen and oxygen atoms in total. The van der Waals surface area contributed by atoms with E-state index < -0.39 is 19.5 Å². The van der Waals surface area contributed by atoms with Crippen molar-refractivity contribution in [1.82, 2.24) is 0 Å². The van der Waals surface area contributed by atoms with Crippen LogP contribution in [0.2, 0.25) is 11.4 Å². The molecule has 0 aromatic heterocycles. The predicted octanol–water partition coefficient (Wildman–Crippen LogP) is 6.52. The number of rotatable bonds is 16. The van der Waals surface area contributed by atoms with Gasteiger partial charge in [-0.2, -0.15) is 0 Å². The summed E-state index contributed by atoms with van der Waals surface area (Å²) in [4.78, 5) is 10.6. The van der Waals surface area contributed by atoms with E-state index in [9.17, 15) is 4.79 Å². The topological polar surface area (TPSA) is 37.3 Å². The van der Waals surface area contributed by atoms with Crippen molar-refractivity contribution in [2.45, 2.75) is 107 Å². The molecule has 0 rings (SSSR count). The number of unbranched alkanes of at least 4 members (excludes halogenated alkanes) is 8. The zero-order chi connectivity index (χ0) is 16.6. The van der Waals surface area contributed by atoms with E-state index in [0.717, 1.165) is 18.1 Å². The Balaban J connectivity index is 3.64. The first kappa shape index (κ1) is 22.4. The molecule has 0 saturated carbocycles. The van der Waals surface area contributed by atoms with E-state index in [0.29, 0.717) is 6.42 Å². The number of hydrogen-bond donors (Lipinski definition) is 1. The molecule has 132 valence electrons. The van der Waals surface area contributed by atoms with Crippen molar-refractivity contribution in [2.24, 2.45) is 0 Å². The molecule has 0 heterocycles. The summed E-state index contributed by atoms with van der Waals surface area (Å²) in [6.07, 6.45) is 16.0. The van der Waals surface area contributed by atoms with Crippen LogP contribution in [-0.4, -0.2) is 29.8 Å². The fourth-order valence-electron chi connectivity index (χ4n) is 2.70. The number of carbonyl (C=O) groups is 1. The van der Waals surface area contributed by atoms with Crippen molar-refractivity contribution in [3.05, 3.63) is 0 Å². The molecule has 0 spiro atoms. The number of carboxylic acid groups (broad SMARTS) is 1. The average molecular weight is 392 g/mol. The molecule has 0 saturated heterocycles. The van der Waals surface area contributed by atoms with Crippen molar-refractivity contribution < 1.29 is 9.90 Å². The molecule has 1 unspecified atom stereocenters. The molecule has 0 bridgehead atoms. The summed E-state index contributed by atoms with van der Waals surface area (Å²) in [5.41, 5.74) is 4.82. The number of aliphatic carboxylic acids is 1. The van der Waals surface area contributed by atoms with Crippen molar-refractivity contribution in [3.8, 4) is 0 Å². The van der Waals surface area contributed by atoms with Gasteiger partial charge in [0, 0.05) is 0 Å². The molecule has 22 heavy (non-hydrogen) atoms. The van der Waals surface area contributed by atoms with E-state index in [1.165, 1.54) is 64.2 Å². The maximum absolute atomic E-state index is 10.6. The SMILES string of the molecule is CCCCCCCCCCC(CCCCC(=O)O)S[As](C)C. The van der Waals surface area contributed by atoms with Crippen LogP contribution >= 0.6 is 10.0 Å². The van der Waals surface area contributed by atoms with E-state index in [1.54, 1.807) is 0 Å². The van der Waals surface area contributed by atoms with Crippen LogP contribution in [0, 0.1) is 0 Å². The molecule has 1 atom stereocenters. The Morgan fingerprint density at radius 1 is 0.909 bits per heavy atom. The molecule has 0 aliphatic heterocycles. The summed E-state index contributed by atoms with van der Waals surface area (Å²) in [6.45, 7) is 2.27. The summed E-state index contributed by atoms with van der Waals surface area (Å²) in [6, 6.07) is 0. The fraction of sp³-hybridized carbons (Fsp3) is 0.944. The first-order chi connectivity index (χ1) is 10.6. The Kier molecular flexibility index (Phi) is 16.5. The van der Waals surface area contributed by atoms with E-state index >= 15 is 0 Å². The summed E-state index contributed by atoms with van der Waals surface area (Å²) in [5, 5.41) is 9.50. The second kappa shape index (κ2) is 16.2. The van der Waals surface area contributed by atoms with Gasteiger partial charge in [0.2, 0.25) is 0 Å². The molecule has 4 heteroatoms. The van der Waals surface area contributed by atoms with Gasteiger partial charge in [0.15, 0.2) is 0 Å². The third kappa shape index (κ3) is 16.7. The van der Waals surface area contributed by atoms with Crippen molar-refractivity contribution in [3.63, 3.8) is 0 Å². The first-order valence-electron chi connectivity index (χ1n) is 9.12. The Morgan fingerprint density at radius 2 is 1.41 bits per heavy atom. The molecule has 0 aliphatic rings. The second-order valence-corrected chi connectivity index (χ2v) is 15.9. The van der Waals surface area contributed by atoms with Crippen LogP contribution in [0.15, 0.2) is 0 Å². The summed E-state index contributed by atoms with van der Waals surface area (Å²) < 4.78 is 0. The number of hydrogen-bond acceptors (Lipinski definition) is 2. The van der Waals surface area contributed by atoms with E-state index in [-0.39, 0.29) is 0 Å². The minimum absolute atomic E-state index is 0.342. The summed E-state index contributed by atoms with van der Waals surface area (Å²) in [7, 11) is 2.23. The molecule has 0 fully saturated rings. The summed E-state index contributed by atoms with van der Waals surface area (Å²) in [5.74, 6) is -0.647. The van der Waals surface area contributed by atoms with Crippen LogP contribution in [-0.2, 0) is 4.79 Å². The van der Waals surface area contributed by atoms with Crippen molar-refractivity contribution in [1.29, 1.82) is 0 Å². The van der Waals surface area contributed by atoms with Crippen molar-refractivity contribution in [2.75, 3.05) is 0 Å². The predicted molar refractivity (Wildman–Crippen MR) is 102 cm³/mol. The minimum atomic E-state index is -0.647. The Hall–Kier alpha value is 0.378. The molecule has 0 radical (unpaired) electrons. The van der Waals surface area contributed by atoms with Crippen molar-refractivity contribution >= 4 is 29.5 Å². The van der Waals surface area contributed by atoms with E-state index in [1.807, 2.05) is 0 Å². The van der Waals surface area contributed by atoms with Gasteiger partial charge < -0.3 is 0 Å². The molecular formula is C18H37AsO2S. The molecule has 1 N–H and O–H groups in total. The standard InChI is InChI=1S/C18H37AsO2S/c1-4-5-6-7-8-9-10-11-14-17(22-19(2)3)15-12-13-16-18(20)21/h17H,4-16H2,1-3H3,(H,20,21). The zero-order valence-electron chi connectivity index (χ0n) is 15.0. The molecule has 0 amide bonds.